The zero-order chi connectivity index (χ0) is 19.3. The fourth-order valence-electron chi connectivity index (χ4n) is 4.56. The van der Waals surface area contributed by atoms with Crippen LogP contribution in [0.1, 0.15) is 48.4 Å². The number of hydrogen-bond acceptors (Lipinski definition) is 3. The highest BCUT2D eigenvalue weighted by molar-refractivity contribution is 5.85. The fourth-order valence-corrected chi connectivity index (χ4v) is 4.56. The van der Waals surface area contributed by atoms with Gasteiger partial charge in [-0.1, -0.05) is 36.4 Å². The second-order valence-corrected chi connectivity index (χ2v) is 8.02. The maximum atomic E-state index is 13.3. The fraction of sp³-hybridized carbons (Fsp3) is 0.458. The molecule has 0 radical (unpaired) electrons. The lowest BCUT2D eigenvalue weighted by molar-refractivity contribution is -0.135. The van der Waals surface area contributed by atoms with Gasteiger partial charge in [-0.25, -0.2) is 0 Å². The zero-order valence-electron chi connectivity index (χ0n) is 17.1. The van der Waals surface area contributed by atoms with Crippen LogP contribution in [-0.2, 0) is 17.8 Å². The van der Waals surface area contributed by atoms with Crippen molar-refractivity contribution in [2.75, 3.05) is 20.2 Å². The average molecular weight is 415 g/mol. The van der Waals surface area contributed by atoms with Crippen molar-refractivity contribution < 1.29 is 9.53 Å². The summed E-state index contributed by atoms with van der Waals surface area (Å²) in [6, 6.07) is 16.8. The molecule has 5 heteroatoms. The van der Waals surface area contributed by atoms with E-state index in [2.05, 4.69) is 46.6 Å². The molecule has 0 aliphatic carbocycles. The van der Waals surface area contributed by atoms with E-state index in [0.29, 0.717) is 18.9 Å². The maximum absolute atomic E-state index is 13.3. The van der Waals surface area contributed by atoms with Gasteiger partial charge in [-0.3, -0.25) is 4.79 Å². The first-order valence-electron chi connectivity index (χ1n) is 10.5. The van der Waals surface area contributed by atoms with Crippen LogP contribution in [0.2, 0.25) is 0 Å². The third kappa shape index (κ3) is 5.12. The highest BCUT2D eigenvalue weighted by atomic mass is 35.5. The first-order chi connectivity index (χ1) is 13.7. The van der Waals surface area contributed by atoms with Crippen molar-refractivity contribution in [2.45, 2.75) is 44.7 Å². The Labute approximate surface area is 180 Å². The van der Waals surface area contributed by atoms with E-state index in [-0.39, 0.29) is 24.4 Å². The summed E-state index contributed by atoms with van der Waals surface area (Å²) in [6.07, 6.45) is 4.89. The molecule has 0 aromatic heterocycles. The number of nitrogens with zero attached hydrogens (tertiary/aromatic N) is 1. The van der Waals surface area contributed by atoms with Crippen LogP contribution in [0, 0.1) is 5.92 Å². The van der Waals surface area contributed by atoms with Gasteiger partial charge < -0.3 is 15.0 Å². The van der Waals surface area contributed by atoms with Crippen LogP contribution in [-0.4, -0.2) is 31.0 Å². The van der Waals surface area contributed by atoms with E-state index in [0.717, 1.165) is 31.7 Å². The van der Waals surface area contributed by atoms with Crippen LogP contribution in [0.25, 0.3) is 0 Å². The van der Waals surface area contributed by atoms with Crippen molar-refractivity contribution in [3.63, 3.8) is 0 Å². The number of ether oxygens (including phenoxy) is 1. The van der Waals surface area contributed by atoms with Gasteiger partial charge in [0.1, 0.15) is 5.75 Å². The largest absolute Gasteiger partial charge is 0.497 e. The van der Waals surface area contributed by atoms with Gasteiger partial charge in [0.05, 0.1) is 13.2 Å². The van der Waals surface area contributed by atoms with E-state index in [9.17, 15) is 4.79 Å². The number of carbonyl (C=O) groups is 1. The predicted octanol–water partition coefficient (Wildman–Crippen LogP) is 4.52. The quantitative estimate of drug-likeness (QED) is 0.781. The molecule has 2 aliphatic heterocycles. The summed E-state index contributed by atoms with van der Waals surface area (Å²) in [5, 5.41) is 3.41. The third-order valence-corrected chi connectivity index (χ3v) is 6.27. The predicted molar refractivity (Wildman–Crippen MR) is 119 cm³/mol. The number of methoxy groups -OCH3 is 1. The van der Waals surface area contributed by atoms with Gasteiger partial charge in [-0.05, 0) is 73.5 Å². The molecule has 2 aliphatic rings. The molecule has 0 spiro atoms. The van der Waals surface area contributed by atoms with Crippen molar-refractivity contribution in [3.8, 4) is 5.75 Å². The summed E-state index contributed by atoms with van der Waals surface area (Å²) in [5.74, 6) is 1.82. The molecule has 29 heavy (non-hydrogen) atoms. The molecule has 1 unspecified atom stereocenters. The van der Waals surface area contributed by atoms with Crippen LogP contribution in [0.3, 0.4) is 0 Å². The normalized spacial score (nSPS) is 19.2. The van der Waals surface area contributed by atoms with Gasteiger partial charge in [-0.15, -0.1) is 12.4 Å². The van der Waals surface area contributed by atoms with Crippen LogP contribution in [0.4, 0.5) is 0 Å². The van der Waals surface area contributed by atoms with Crippen molar-refractivity contribution in [1.82, 2.24) is 10.2 Å². The Morgan fingerprint density at radius 3 is 2.59 bits per heavy atom. The molecule has 4 rings (SSSR count). The summed E-state index contributed by atoms with van der Waals surface area (Å²) in [4.78, 5) is 15.4. The van der Waals surface area contributed by atoms with Crippen LogP contribution < -0.4 is 10.1 Å². The number of benzene rings is 2. The third-order valence-electron chi connectivity index (χ3n) is 6.27. The molecule has 4 nitrogen and oxygen atoms in total. The second kappa shape index (κ2) is 10.1. The Hall–Kier alpha value is -2.04. The Kier molecular flexibility index (Phi) is 7.57. The van der Waals surface area contributed by atoms with E-state index in [4.69, 9.17) is 4.74 Å². The van der Waals surface area contributed by atoms with Gasteiger partial charge in [0.15, 0.2) is 0 Å². The number of piperidine rings is 1. The van der Waals surface area contributed by atoms with Crippen molar-refractivity contribution in [3.05, 3.63) is 65.2 Å². The van der Waals surface area contributed by atoms with Crippen LogP contribution >= 0.6 is 12.4 Å². The molecule has 1 fully saturated rings. The lowest BCUT2D eigenvalue weighted by Crippen LogP contribution is -2.39. The lowest BCUT2D eigenvalue weighted by atomic mass is 9.88. The summed E-state index contributed by atoms with van der Waals surface area (Å²) < 4.78 is 5.40. The van der Waals surface area contributed by atoms with E-state index in [1.165, 1.54) is 29.5 Å². The topological polar surface area (TPSA) is 41.6 Å². The molecule has 1 N–H and O–H groups in total. The standard InChI is InChI=1S/C24H30N2O2.ClH/c1-28-22-9-8-20-16-23(19-5-3-2-4-6-19)26(17-21(20)15-22)24(27)10-7-18-11-13-25-14-12-18;/h2-6,8-9,15,18,23,25H,7,10-14,16-17H2,1H3;1H. The summed E-state index contributed by atoms with van der Waals surface area (Å²) in [7, 11) is 1.69. The van der Waals surface area contributed by atoms with Crippen molar-refractivity contribution >= 4 is 18.3 Å². The Bertz CT molecular complexity index is 806. The summed E-state index contributed by atoms with van der Waals surface area (Å²) >= 11 is 0. The van der Waals surface area contributed by atoms with E-state index >= 15 is 0 Å². The number of fused-ring (bicyclic) bond motifs is 1. The molecule has 1 amide bonds. The van der Waals surface area contributed by atoms with Crippen molar-refractivity contribution in [1.29, 1.82) is 0 Å². The van der Waals surface area contributed by atoms with Crippen LogP contribution in [0.5, 0.6) is 5.75 Å². The van der Waals surface area contributed by atoms with Gasteiger partial charge in [0, 0.05) is 13.0 Å². The minimum atomic E-state index is 0. The van der Waals surface area contributed by atoms with Gasteiger partial charge in [0.25, 0.3) is 0 Å². The molecule has 2 heterocycles. The molecule has 156 valence electrons. The molecule has 1 saturated heterocycles. The maximum Gasteiger partial charge on any atom is 0.223 e. The lowest BCUT2D eigenvalue weighted by Gasteiger charge is -2.38. The summed E-state index contributed by atoms with van der Waals surface area (Å²) in [5.41, 5.74) is 3.75. The number of halogens is 1. The molecule has 0 saturated carbocycles. The molecule has 1 atom stereocenters. The van der Waals surface area contributed by atoms with Gasteiger partial charge in [0.2, 0.25) is 5.91 Å². The smallest absolute Gasteiger partial charge is 0.223 e. The highest BCUT2D eigenvalue weighted by Gasteiger charge is 2.31. The first kappa shape index (κ1) is 21.7. The Morgan fingerprint density at radius 2 is 1.86 bits per heavy atom. The SMILES string of the molecule is COc1ccc2c(c1)CN(C(=O)CCC1CCNCC1)C(c1ccccc1)C2.Cl. The average Bonchev–Trinajstić information content (AvgIpc) is 2.77. The van der Waals surface area contributed by atoms with Gasteiger partial charge >= 0.3 is 0 Å². The first-order valence-corrected chi connectivity index (χ1v) is 10.5. The number of carbonyl (C=O) groups excluding carboxylic acids is 1. The monoisotopic (exact) mass is 414 g/mol. The molecule has 2 aromatic carbocycles. The molecule has 0 bridgehead atoms. The van der Waals surface area contributed by atoms with E-state index < -0.39 is 0 Å². The minimum Gasteiger partial charge on any atom is -0.497 e. The van der Waals surface area contributed by atoms with Crippen molar-refractivity contribution in [2.24, 2.45) is 5.92 Å². The minimum absolute atomic E-state index is 0. The number of rotatable bonds is 5. The Morgan fingerprint density at radius 1 is 1.10 bits per heavy atom. The molecule has 2 aromatic rings. The number of hydrogen-bond donors (Lipinski definition) is 1. The zero-order valence-corrected chi connectivity index (χ0v) is 17.9. The van der Waals surface area contributed by atoms with Gasteiger partial charge in [-0.2, -0.15) is 0 Å². The van der Waals surface area contributed by atoms with E-state index in [1.54, 1.807) is 7.11 Å². The number of amides is 1. The second-order valence-electron chi connectivity index (χ2n) is 8.02. The Balaban J connectivity index is 0.00000240. The molecular weight excluding hydrogens is 384 g/mol. The van der Waals surface area contributed by atoms with E-state index in [1.807, 2.05) is 12.1 Å². The van der Waals surface area contributed by atoms with Crippen LogP contribution in [0.15, 0.2) is 48.5 Å². The molecular formula is C24H31ClN2O2. The highest BCUT2D eigenvalue weighted by Crippen LogP contribution is 2.35. The summed E-state index contributed by atoms with van der Waals surface area (Å²) in [6.45, 7) is 2.84. The number of nitrogens with one attached hydrogen (secondary N) is 1.